The molecule has 36 heavy (non-hydrogen) atoms. The van der Waals surface area contributed by atoms with Crippen LogP contribution in [0.15, 0.2) is 53.4 Å². The van der Waals surface area contributed by atoms with E-state index in [0.717, 1.165) is 30.3 Å². The van der Waals surface area contributed by atoms with Crippen LogP contribution in [0, 0.1) is 5.92 Å². The maximum absolute atomic E-state index is 12.7. The lowest BCUT2D eigenvalue weighted by Crippen LogP contribution is -2.26. The Morgan fingerprint density at radius 3 is 2.56 bits per heavy atom. The van der Waals surface area contributed by atoms with E-state index in [1.54, 1.807) is 42.5 Å². The lowest BCUT2D eigenvalue weighted by atomic mass is 10.0. The first-order valence-corrected chi connectivity index (χ1v) is 15.1. The number of hydrogen-bond acceptors (Lipinski definition) is 6. The number of amides is 1. The summed E-state index contributed by atoms with van der Waals surface area (Å²) < 4.78 is 24.0. The summed E-state index contributed by atoms with van der Waals surface area (Å²) in [7, 11) is -3.24. The van der Waals surface area contributed by atoms with Crippen LogP contribution in [0.2, 0.25) is 0 Å². The molecule has 0 spiro atoms. The highest BCUT2D eigenvalue weighted by molar-refractivity contribution is 7.91. The fourth-order valence-electron chi connectivity index (χ4n) is 5.04. The topological polar surface area (TPSA) is 79.4 Å². The van der Waals surface area contributed by atoms with Gasteiger partial charge in [0.05, 0.1) is 28.8 Å². The molecule has 0 bridgehead atoms. The van der Waals surface area contributed by atoms with Gasteiger partial charge in [-0.25, -0.2) is 13.4 Å². The number of carbonyl (C=O) groups excluding carboxylic acids is 1. The minimum atomic E-state index is -3.24. The van der Waals surface area contributed by atoms with Crippen molar-refractivity contribution in [3.63, 3.8) is 0 Å². The van der Waals surface area contributed by atoms with Gasteiger partial charge in [-0.05, 0) is 53.5 Å². The number of nitrogens with one attached hydrogen (secondary N) is 1. The molecule has 2 heterocycles. The highest BCUT2D eigenvalue weighted by Gasteiger charge is 2.36. The van der Waals surface area contributed by atoms with Crippen LogP contribution < -0.4 is 5.32 Å². The fraction of sp³-hybridized carbons (Fsp3) is 0.429. The molecule has 6 nitrogen and oxygen atoms in total. The van der Waals surface area contributed by atoms with Crippen LogP contribution >= 0.6 is 11.3 Å². The lowest BCUT2D eigenvalue weighted by Gasteiger charge is -2.27. The number of aromatic nitrogens is 1. The summed E-state index contributed by atoms with van der Waals surface area (Å²) in [6.07, 6.45) is 2.79. The van der Waals surface area contributed by atoms with Crippen LogP contribution in [0.1, 0.15) is 72.8 Å². The number of carbonyl (C=O) groups is 1. The molecule has 0 radical (unpaired) electrons. The van der Waals surface area contributed by atoms with E-state index in [1.165, 1.54) is 28.8 Å². The number of thiazole rings is 1. The quantitative estimate of drug-likeness (QED) is 0.389. The largest absolute Gasteiger partial charge is 0.302 e. The number of nitrogens with zero attached hydrogens (tertiary/aromatic N) is 2. The third-order valence-electron chi connectivity index (χ3n) is 7.04. The minimum absolute atomic E-state index is 0.0587. The van der Waals surface area contributed by atoms with Crippen molar-refractivity contribution in [3.05, 3.63) is 75.8 Å². The fourth-order valence-corrected chi connectivity index (χ4v) is 6.96. The maximum atomic E-state index is 12.7. The standard InChI is InChI=1S/C28H33N3O3S2/c1-4-36(33,34)23-12-8-19(9-13-23)15-25(32)29-28-30-26-24(35-28)17-31(27(26)18(2)3)16-20-6-5-7-22(14-20)21-10-11-21/h5-9,12-14,18,21,27H,4,10-11,15-17H2,1-3H3,(H,29,30,32)/t27-/m1/s1. The van der Waals surface area contributed by atoms with Gasteiger partial charge in [0, 0.05) is 18.0 Å². The van der Waals surface area contributed by atoms with Crippen molar-refractivity contribution in [2.24, 2.45) is 5.92 Å². The van der Waals surface area contributed by atoms with Crippen molar-refractivity contribution in [3.8, 4) is 0 Å². The third kappa shape index (κ3) is 5.41. The monoisotopic (exact) mass is 523 g/mol. The lowest BCUT2D eigenvalue weighted by molar-refractivity contribution is -0.115. The number of benzene rings is 2. The van der Waals surface area contributed by atoms with Gasteiger partial charge in [0.25, 0.3) is 0 Å². The van der Waals surface area contributed by atoms with Gasteiger partial charge in [0.2, 0.25) is 5.91 Å². The average Bonchev–Trinajstić information content (AvgIpc) is 3.55. The Balaban J connectivity index is 1.24. The summed E-state index contributed by atoms with van der Waals surface area (Å²) in [6.45, 7) is 7.82. The molecule has 1 aromatic heterocycles. The van der Waals surface area contributed by atoms with Crippen molar-refractivity contribution in [1.82, 2.24) is 9.88 Å². The average molecular weight is 524 g/mol. The number of fused-ring (bicyclic) bond motifs is 1. The molecule has 1 atom stereocenters. The molecule has 190 valence electrons. The normalized spacial score (nSPS) is 17.9. The van der Waals surface area contributed by atoms with Crippen molar-refractivity contribution in [1.29, 1.82) is 0 Å². The molecule has 5 rings (SSSR count). The predicted molar refractivity (Wildman–Crippen MR) is 144 cm³/mol. The summed E-state index contributed by atoms with van der Waals surface area (Å²) in [4.78, 5) is 21.5. The van der Waals surface area contributed by atoms with Gasteiger partial charge in [-0.3, -0.25) is 9.69 Å². The summed E-state index contributed by atoms with van der Waals surface area (Å²) in [6, 6.07) is 15.8. The van der Waals surface area contributed by atoms with E-state index in [1.807, 2.05) is 0 Å². The van der Waals surface area contributed by atoms with Gasteiger partial charge in [0.15, 0.2) is 15.0 Å². The SMILES string of the molecule is CCS(=O)(=O)c1ccc(CC(=O)Nc2nc3c(s2)CN(Cc2cccc(C4CC4)c2)[C@@H]3C(C)C)cc1. The smallest absolute Gasteiger partial charge is 0.230 e. The molecule has 2 aromatic carbocycles. The van der Waals surface area contributed by atoms with Gasteiger partial charge in [0.1, 0.15) is 0 Å². The molecule has 8 heteroatoms. The summed E-state index contributed by atoms with van der Waals surface area (Å²) in [5, 5.41) is 3.59. The van der Waals surface area contributed by atoms with Gasteiger partial charge in [-0.15, -0.1) is 11.3 Å². The molecule has 1 fully saturated rings. The number of sulfone groups is 1. The van der Waals surface area contributed by atoms with Crippen LogP contribution in [-0.4, -0.2) is 30.0 Å². The Hall–Kier alpha value is -2.55. The molecule has 0 saturated heterocycles. The second kappa shape index (κ2) is 10.1. The molecule has 3 aromatic rings. The second-order valence-electron chi connectivity index (χ2n) is 10.2. The maximum Gasteiger partial charge on any atom is 0.230 e. The minimum Gasteiger partial charge on any atom is -0.302 e. The molecule has 1 amide bonds. The van der Waals surface area contributed by atoms with Crippen LogP contribution in [0.5, 0.6) is 0 Å². The van der Waals surface area contributed by atoms with E-state index < -0.39 is 9.84 Å². The molecule has 1 aliphatic carbocycles. The van der Waals surface area contributed by atoms with E-state index in [2.05, 4.69) is 48.3 Å². The Morgan fingerprint density at radius 2 is 1.89 bits per heavy atom. The molecular weight excluding hydrogens is 490 g/mol. The molecule has 1 aliphatic heterocycles. The van der Waals surface area contributed by atoms with E-state index in [-0.39, 0.29) is 29.0 Å². The number of hydrogen-bond donors (Lipinski definition) is 1. The van der Waals surface area contributed by atoms with Crippen molar-refractivity contribution in [2.45, 2.75) is 70.0 Å². The Bertz CT molecular complexity index is 1360. The van der Waals surface area contributed by atoms with E-state index in [0.29, 0.717) is 11.0 Å². The highest BCUT2D eigenvalue weighted by atomic mass is 32.2. The zero-order chi connectivity index (χ0) is 25.4. The molecule has 0 unspecified atom stereocenters. The van der Waals surface area contributed by atoms with Crippen LogP contribution in [0.3, 0.4) is 0 Å². The summed E-state index contributed by atoms with van der Waals surface area (Å²) >= 11 is 1.56. The van der Waals surface area contributed by atoms with Crippen molar-refractivity contribution in [2.75, 3.05) is 11.1 Å². The van der Waals surface area contributed by atoms with Crippen LogP contribution in [0.4, 0.5) is 5.13 Å². The Morgan fingerprint density at radius 1 is 1.14 bits per heavy atom. The van der Waals surface area contributed by atoms with Crippen molar-refractivity contribution >= 4 is 32.2 Å². The van der Waals surface area contributed by atoms with Gasteiger partial charge in [-0.1, -0.05) is 57.2 Å². The first-order valence-electron chi connectivity index (χ1n) is 12.7. The summed E-state index contributed by atoms with van der Waals surface area (Å²) in [5.74, 6) is 1.06. The number of rotatable bonds is 9. The highest BCUT2D eigenvalue weighted by Crippen LogP contribution is 2.44. The zero-order valence-corrected chi connectivity index (χ0v) is 22.7. The zero-order valence-electron chi connectivity index (χ0n) is 21.0. The molecule has 1 saturated carbocycles. The van der Waals surface area contributed by atoms with Crippen molar-refractivity contribution < 1.29 is 13.2 Å². The summed E-state index contributed by atoms with van der Waals surface area (Å²) in [5.41, 5.74) is 4.67. The van der Waals surface area contributed by atoms with Crippen LogP contribution in [-0.2, 0) is 34.1 Å². The van der Waals surface area contributed by atoms with Gasteiger partial charge >= 0.3 is 0 Å². The predicted octanol–water partition coefficient (Wildman–Crippen LogP) is 5.71. The molecule has 2 aliphatic rings. The number of anilines is 1. The van der Waals surface area contributed by atoms with E-state index in [4.69, 9.17) is 4.98 Å². The van der Waals surface area contributed by atoms with Crippen LogP contribution in [0.25, 0.3) is 0 Å². The molecule has 1 N–H and O–H groups in total. The first-order chi connectivity index (χ1) is 17.2. The Kier molecular flexibility index (Phi) is 7.03. The second-order valence-corrected chi connectivity index (χ2v) is 13.6. The van der Waals surface area contributed by atoms with Gasteiger partial charge < -0.3 is 5.32 Å². The van der Waals surface area contributed by atoms with E-state index >= 15 is 0 Å². The van der Waals surface area contributed by atoms with Gasteiger partial charge in [-0.2, -0.15) is 0 Å². The first kappa shape index (κ1) is 25.1. The third-order valence-corrected chi connectivity index (χ3v) is 9.76. The molecular formula is C28H33N3O3S2. The Labute approximate surface area is 217 Å². The van der Waals surface area contributed by atoms with E-state index in [9.17, 15) is 13.2 Å².